The van der Waals surface area contributed by atoms with Crippen LogP contribution in [0.3, 0.4) is 0 Å². The molecule has 140 valence electrons. The van der Waals surface area contributed by atoms with Crippen LogP contribution in [-0.4, -0.2) is 27.8 Å². The van der Waals surface area contributed by atoms with Crippen LogP contribution in [0.4, 0.5) is 22.7 Å². The van der Waals surface area contributed by atoms with E-state index >= 15 is 0 Å². The molecule has 0 spiro atoms. The largest absolute Gasteiger partial charge is 0.496 e. The molecule has 2 aromatic rings. The van der Waals surface area contributed by atoms with Gasteiger partial charge in [-0.15, -0.1) is 0 Å². The van der Waals surface area contributed by atoms with Crippen molar-refractivity contribution in [3.05, 3.63) is 71.8 Å². The van der Waals surface area contributed by atoms with Crippen LogP contribution in [0.15, 0.2) is 30.3 Å². The molecule has 0 fully saturated rings. The van der Waals surface area contributed by atoms with Crippen LogP contribution in [0.5, 0.6) is 5.75 Å². The van der Waals surface area contributed by atoms with Gasteiger partial charge in [0.15, 0.2) is 0 Å². The maximum absolute atomic E-state index is 12.5. The molecule has 0 saturated heterocycles. The predicted octanol–water partition coefficient (Wildman–Crippen LogP) is 2.98. The number of benzene rings is 2. The lowest BCUT2D eigenvalue weighted by Crippen LogP contribution is -2.15. The van der Waals surface area contributed by atoms with Crippen LogP contribution in [0, 0.1) is 37.3 Å². The van der Waals surface area contributed by atoms with Gasteiger partial charge in [-0.2, -0.15) is 0 Å². The standard InChI is InChI=1S/C15H12N4O8/c1-8-11(5-9(17(21)22)6-13(8)18(23)24)15(20)16-12-4-3-10(27-2)7-14(12)19(25)26/h3-7H,1-2H3,(H,16,20). The SMILES string of the molecule is COc1ccc(NC(=O)c2cc([N+](=O)[O-])cc([N+](=O)[O-])c2C)c([N+](=O)[O-])c1. The van der Waals surface area contributed by atoms with E-state index < -0.39 is 37.7 Å². The fraction of sp³-hybridized carbons (Fsp3) is 0.133. The van der Waals surface area contributed by atoms with Crippen LogP contribution in [0.1, 0.15) is 15.9 Å². The molecule has 2 aromatic carbocycles. The summed E-state index contributed by atoms with van der Waals surface area (Å²) in [5, 5.41) is 35.5. The highest BCUT2D eigenvalue weighted by Crippen LogP contribution is 2.32. The highest BCUT2D eigenvalue weighted by molar-refractivity contribution is 6.07. The summed E-state index contributed by atoms with van der Waals surface area (Å²) in [5.74, 6) is -0.783. The average molecular weight is 376 g/mol. The minimum atomic E-state index is -0.965. The van der Waals surface area contributed by atoms with Gasteiger partial charge in [-0.25, -0.2) is 0 Å². The van der Waals surface area contributed by atoms with Gasteiger partial charge in [0.25, 0.3) is 23.0 Å². The Morgan fingerprint density at radius 1 is 0.963 bits per heavy atom. The Bertz CT molecular complexity index is 973. The van der Waals surface area contributed by atoms with Crippen molar-refractivity contribution >= 4 is 28.7 Å². The van der Waals surface area contributed by atoms with E-state index in [-0.39, 0.29) is 22.6 Å². The molecule has 12 heteroatoms. The molecule has 0 radical (unpaired) electrons. The van der Waals surface area contributed by atoms with E-state index in [0.717, 1.165) is 18.2 Å². The summed E-state index contributed by atoms with van der Waals surface area (Å²) in [6, 6.07) is 5.27. The molecule has 0 atom stereocenters. The summed E-state index contributed by atoms with van der Waals surface area (Å²) in [6.45, 7) is 1.25. The molecule has 0 unspecified atom stereocenters. The van der Waals surface area contributed by atoms with Crippen molar-refractivity contribution in [2.24, 2.45) is 0 Å². The van der Waals surface area contributed by atoms with Gasteiger partial charge in [0.05, 0.1) is 39.6 Å². The molecule has 0 aromatic heterocycles. The third kappa shape index (κ3) is 3.95. The molecule has 1 N–H and O–H groups in total. The first-order valence-corrected chi connectivity index (χ1v) is 7.23. The van der Waals surface area contributed by atoms with Gasteiger partial charge in [-0.05, 0) is 19.1 Å². The molecular weight excluding hydrogens is 364 g/mol. The molecule has 0 bridgehead atoms. The Balaban J connectivity index is 2.52. The zero-order valence-electron chi connectivity index (χ0n) is 14.0. The van der Waals surface area contributed by atoms with Crippen LogP contribution in [0.2, 0.25) is 0 Å². The average Bonchev–Trinajstić information content (AvgIpc) is 2.61. The number of non-ortho nitro benzene ring substituents is 1. The topological polar surface area (TPSA) is 168 Å². The number of nitro benzene ring substituents is 3. The molecule has 0 aliphatic heterocycles. The Hall–Kier alpha value is -4.09. The second-order valence-electron chi connectivity index (χ2n) is 5.25. The zero-order chi connectivity index (χ0) is 20.3. The van der Waals surface area contributed by atoms with Gasteiger partial charge >= 0.3 is 0 Å². The maximum atomic E-state index is 12.5. The smallest absolute Gasteiger partial charge is 0.296 e. The number of carbonyl (C=O) groups excluding carboxylic acids is 1. The molecular formula is C15H12N4O8. The van der Waals surface area contributed by atoms with E-state index in [0.29, 0.717) is 0 Å². The van der Waals surface area contributed by atoms with E-state index in [9.17, 15) is 35.1 Å². The second kappa shape index (κ2) is 7.43. The molecule has 0 aliphatic rings. The van der Waals surface area contributed by atoms with Crippen molar-refractivity contribution in [1.29, 1.82) is 0 Å². The number of anilines is 1. The monoisotopic (exact) mass is 376 g/mol. The number of methoxy groups -OCH3 is 1. The van der Waals surface area contributed by atoms with Crippen LogP contribution in [0.25, 0.3) is 0 Å². The van der Waals surface area contributed by atoms with Gasteiger partial charge in [0, 0.05) is 11.6 Å². The number of hydrogen-bond acceptors (Lipinski definition) is 8. The Labute approximate surface area is 150 Å². The van der Waals surface area contributed by atoms with Crippen molar-refractivity contribution in [2.45, 2.75) is 6.92 Å². The molecule has 0 heterocycles. The minimum absolute atomic E-state index is 0.112. The first-order chi connectivity index (χ1) is 12.6. The Kier molecular flexibility index (Phi) is 5.29. The molecule has 0 aliphatic carbocycles. The number of nitrogens with zero attached hydrogens (tertiary/aromatic N) is 3. The summed E-state index contributed by atoms with van der Waals surface area (Å²) >= 11 is 0. The zero-order valence-corrected chi connectivity index (χ0v) is 14.0. The summed E-state index contributed by atoms with van der Waals surface area (Å²) in [7, 11) is 1.31. The van der Waals surface area contributed by atoms with E-state index in [2.05, 4.69) is 5.32 Å². The maximum Gasteiger partial charge on any atom is 0.296 e. The fourth-order valence-corrected chi connectivity index (χ4v) is 2.30. The third-order valence-electron chi connectivity index (χ3n) is 3.67. The molecule has 1 amide bonds. The van der Waals surface area contributed by atoms with Gasteiger partial charge < -0.3 is 10.1 Å². The quantitative estimate of drug-likeness (QED) is 0.592. The van der Waals surface area contributed by atoms with Crippen LogP contribution < -0.4 is 10.1 Å². The van der Waals surface area contributed by atoms with E-state index in [1.807, 2.05) is 0 Å². The highest BCUT2D eigenvalue weighted by Gasteiger charge is 2.26. The van der Waals surface area contributed by atoms with Gasteiger partial charge in [0.1, 0.15) is 11.4 Å². The number of nitro groups is 3. The van der Waals surface area contributed by atoms with Crippen molar-refractivity contribution < 1.29 is 24.3 Å². The first kappa shape index (κ1) is 19.2. The highest BCUT2D eigenvalue weighted by atomic mass is 16.6. The van der Waals surface area contributed by atoms with Gasteiger partial charge in [0.2, 0.25) is 0 Å². The Morgan fingerprint density at radius 2 is 1.59 bits per heavy atom. The molecule has 0 saturated carbocycles. The lowest BCUT2D eigenvalue weighted by atomic mass is 10.0. The number of hydrogen-bond donors (Lipinski definition) is 1. The number of rotatable bonds is 6. The normalized spacial score (nSPS) is 10.1. The number of carbonyl (C=O) groups is 1. The molecule has 2 rings (SSSR count). The van der Waals surface area contributed by atoms with Gasteiger partial charge in [-0.1, -0.05) is 0 Å². The fourth-order valence-electron chi connectivity index (χ4n) is 2.30. The number of ether oxygens (including phenoxy) is 1. The van der Waals surface area contributed by atoms with Crippen molar-refractivity contribution in [1.82, 2.24) is 0 Å². The molecule has 27 heavy (non-hydrogen) atoms. The Morgan fingerprint density at radius 3 is 2.11 bits per heavy atom. The third-order valence-corrected chi connectivity index (χ3v) is 3.67. The number of amides is 1. The predicted molar refractivity (Wildman–Crippen MR) is 92.1 cm³/mol. The van der Waals surface area contributed by atoms with Crippen molar-refractivity contribution in [3.8, 4) is 5.75 Å². The lowest BCUT2D eigenvalue weighted by Gasteiger charge is -2.09. The van der Waals surface area contributed by atoms with E-state index in [1.165, 1.54) is 26.2 Å². The van der Waals surface area contributed by atoms with Crippen LogP contribution in [-0.2, 0) is 0 Å². The first-order valence-electron chi connectivity index (χ1n) is 7.23. The summed E-state index contributed by atoms with van der Waals surface area (Å²) < 4.78 is 4.89. The second-order valence-corrected chi connectivity index (χ2v) is 5.25. The molecule has 12 nitrogen and oxygen atoms in total. The summed E-state index contributed by atoms with van der Waals surface area (Å²) in [4.78, 5) is 43.3. The summed E-state index contributed by atoms with van der Waals surface area (Å²) in [5.41, 5.74) is -2.39. The van der Waals surface area contributed by atoms with Crippen molar-refractivity contribution in [2.75, 3.05) is 12.4 Å². The lowest BCUT2D eigenvalue weighted by molar-refractivity contribution is -0.394. The summed E-state index contributed by atoms with van der Waals surface area (Å²) in [6.07, 6.45) is 0. The van der Waals surface area contributed by atoms with E-state index in [1.54, 1.807) is 0 Å². The van der Waals surface area contributed by atoms with Crippen LogP contribution >= 0.6 is 0 Å². The van der Waals surface area contributed by atoms with E-state index in [4.69, 9.17) is 4.74 Å². The van der Waals surface area contributed by atoms with Crippen molar-refractivity contribution in [3.63, 3.8) is 0 Å². The minimum Gasteiger partial charge on any atom is -0.496 e. The van der Waals surface area contributed by atoms with Gasteiger partial charge in [-0.3, -0.25) is 35.1 Å². The number of nitrogens with one attached hydrogen (secondary N) is 1.